The van der Waals surface area contributed by atoms with E-state index in [1.165, 1.54) is 0 Å². The van der Waals surface area contributed by atoms with E-state index in [9.17, 15) is 4.79 Å². The summed E-state index contributed by atoms with van der Waals surface area (Å²) >= 11 is 16.7. The van der Waals surface area contributed by atoms with Gasteiger partial charge in [-0.15, -0.1) is 0 Å². The van der Waals surface area contributed by atoms with Crippen molar-refractivity contribution in [1.29, 1.82) is 0 Å². The molecule has 252 valence electrons. The van der Waals surface area contributed by atoms with Crippen LogP contribution in [0.25, 0.3) is 0 Å². The van der Waals surface area contributed by atoms with Crippen molar-refractivity contribution < 1.29 is 28.8 Å². The van der Waals surface area contributed by atoms with E-state index in [-0.39, 0.29) is 18.9 Å². The minimum Gasteiger partial charge on any atom is -0.497 e. The fourth-order valence-electron chi connectivity index (χ4n) is 5.43. The molecule has 1 heterocycles. The summed E-state index contributed by atoms with van der Waals surface area (Å²) in [7, 11) is 3.22. The van der Waals surface area contributed by atoms with Crippen LogP contribution in [0.4, 0.5) is 0 Å². The molecule has 0 aromatic heterocycles. The van der Waals surface area contributed by atoms with Crippen LogP contribution in [0.15, 0.2) is 94.4 Å². The lowest BCUT2D eigenvalue weighted by Crippen LogP contribution is -2.54. The van der Waals surface area contributed by atoms with Gasteiger partial charge in [-0.1, -0.05) is 63.4 Å². The molecule has 5 rings (SSSR count). The zero-order valence-electron chi connectivity index (χ0n) is 26.5. The average molecular weight is 758 g/mol. The van der Waals surface area contributed by atoms with Crippen molar-refractivity contribution in [1.82, 2.24) is 10.9 Å². The van der Waals surface area contributed by atoms with Gasteiger partial charge in [-0.3, -0.25) is 10.2 Å². The molecule has 0 saturated heterocycles. The van der Waals surface area contributed by atoms with Crippen LogP contribution in [0, 0.1) is 0 Å². The number of hydrogen-bond donors (Lipinski definition) is 3. The fraction of sp³-hybridized carbons (Fsp3) is 0.278. The Kier molecular flexibility index (Phi) is 12.2. The Morgan fingerprint density at radius 3 is 2.46 bits per heavy atom. The van der Waals surface area contributed by atoms with Gasteiger partial charge in [0.1, 0.15) is 17.2 Å². The second kappa shape index (κ2) is 16.5. The molecule has 0 bridgehead atoms. The topological polar surface area (TPSA) is 111 Å². The molecule has 0 aliphatic carbocycles. The van der Waals surface area contributed by atoms with Gasteiger partial charge >= 0.3 is 0 Å². The normalized spacial score (nSPS) is 17.0. The third kappa shape index (κ3) is 8.25. The molecule has 2 atom stereocenters. The molecule has 0 unspecified atom stereocenters. The number of hydrogen-bond acceptors (Lipinski definition) is 8. The van der Waals surface area contributed by atoms with Gasteiger partial charge < -0.3 is 24.1 Å². The number of aliphatic imine (C=N–C) groups is 1. The van der Waals surface area contributed by atoms with E-state index in [0.717, 1.165) is 21.3 Å². The van der Waals surface area contributed by atoms with E-state index < -0.39 is 17.6 Å². The molecule has 48 heavy (non-hydrogen) atoms. The van der Waals surface area contributed by atoms with Crippen LogP contribution in [0.3, 0.4) is 0 Å². The zero-order valence-corrected chi connectivity index (χ0v) is 29.6. The summed E-state index contributed by atoms with van der Waals surface area (Å²) in [5.74, 6) is 1.92. The monoisotopic (exact) mass is 755 g/mol. The maximum Gasteiger partial charge on any atom is 0.266 e. The highest BCUT2D eigenvalue weighted by molar-refractivity contribution is 9.10. The number of nitrogens with one attached hydrogen (secondary N) is 2. The van der Waals surface area contributed by atoms with Gasteiger partial charge in [0.05, 0.1) is 20.8 Å². The summed E-state index contributed by atoms with van der Waals surface area (Å²) in [6, 6.07) is 25.6. The van der Waals surface area contributed by atoms with Gasteiger partial charge in [0.2, 0.25) is 5.90 Å². The van der Waals surface area contributed by atoms with Gasteiger partial charge in [0.15, 0.2) is 11.6 Å². The van der Waals surface area contributed by atoms with Crippen LogP contribution in [-0.2, 0) is 22.4 Å². The lowest BCUT2D eigenvalue weighted by molar-refractivity contribution is -0.130. The molecular weight excluding hydrogens is 721 g/mol. The average Bonchev–Trinajstić information content (AvgIpc) is 3.48. The fourth-order valence-corrected chi connectivity index (χ4v) is 6.36. The number of hydrazine groups is 1. The predicted molar refractivity (Wildman–Crippen MR) is 190 cm³/mol. The molecule has 4 aromatic rings. The molecule has 1 aliphatic heterocycles. The standard InChI is InChI=1S/C36H36BrCl2N3O6/c1-45-28-13-15-32(46-2)24(20-28)16-17-40-42-35(44)36(22-25-6-3-4-7-30(25)37)33(29-14-10-26(38)21-31(29)39)48-34(41-36)23-8-11-27(12-9-23)47-19-5-18-43/h3-4,6-15,20-21,33,40,43H,5,16-19,22H2,1-2H3,(H,42,44)/t33-,36-/m0/s1. The number of benzene rings is 4. The van der Waals surface area contributed by atoms with Crippen molar-refractivity contribution in [3.05, 3.63) is 122 Å². The molecule has 0 radical (unpaired) electrons. The van der Waals surface area contributed by atoms with Gasteiger partial charge in [0.25, 0.3) is 5.91 Å². The Balaban J connectivity index is 1.50. The minimum atomic E-state index is -1.49. The Hall–Kier alpha value is -3.80. The first-order valence-corrected chi connectivity index (χ1v) is 16.9. The van der Waals surface area contributed by atoms with E-state index in [4.69, 9.17) is 52.2 Å². The number of nitrogens with zero attached hydrogens (tertiary/aromatic N) is 1. The number of methoxy groups -OCH3 is 2. The third-order valence-corrected chi connectivity index (χ3v) is 9.24. The molecule has 3 N–H and O–H groups in total. The lowest BCUT2D eigenvalue weighted by atomic mass is 9.82. The summed E-state index contributed by atoms with van der Waals surface area (Å²) in [4.78, 5) is 19.6. The Labute approximate surface area is 298 Å². The van der Waals surface area contributed by atoms with Crippen LogP contribution >= 0.6 is 39.1 Å². The molecule has 1 amide bonds. The van der Waals surface area contributed by atoms with Crippen LogP contribution in [0.1, 0.15) is 34.8 Å². The second-order valence-corrected chi connectivity index (χ2v) is 12.7. The smallest absolute Gasteiger partial charge is 0.266 e. The number of ether oxygens (including phenoxy) is 4. The number of carbonyl (C=O) groups excluding carboxylic acids is 1. The second-order valence-electron chi connectivity index (χ2n) is 11.0. The van der Waals surface area contributed by atoms with Gasteiger partial charge in [-0.2, -0.15) is 0 Å². The Morgan fingerprint density at radius 2 is 1.75 bits per heavy atom. The van der Waals surface area contributed by atoms with E-state index in [1.807, 2.05) is 54.6 Å². The largest absolute Gasteiger partial charge is 0.497 e. The molecule has 1 aliphatic rings. The summed E-state index contributed by atoms with van der Waals surface area (Å²) in [5, 5.41) is 9.88. The van der Waals surface area contributed by atoms with Crippen LogP contribution in [-0.4, -0.2) is 56.4 Å². The van der Waals surface area contributed by atoms with E-state index >= 15 is 0 Å². The highest BCUT2D eigenvalue weighted by atomic mass is 79.9. The van der Waals surface area contributed by atoms with Crippen LogP contribution < -0.4 is 25.1 Å². The minimum absolute atomic E-state index is 0.0447. The van der Waals surface area contributed by atoms with Gasteiger partial charge in [-0.25, -0.2) is 10.4 Å². The lowest BCUT2D eigenvalue weighted by Gasteiger charge is -2.31. The van der Waals surface area contributed by atoms with Crippen LogP contribution in [0.2, 0.25) is 10.0 Å². The van der Waals surface area contributed by atoms with E-state index in [1.54, 1.807) is 44.6 Å². The molecule has 12 heteroatoms. The molecule has 0 fully saturated rings. The molecule has 9 nitrogen and oxygen atoms in total. The quantitative estimate of drug-likeness (QED) is 0.0895. The number of halogens is 3. The SMILES string of the molecule is COc1ccc(OC)c(CCNNC(=O)[C@@]2(Cc3ccccc3Br)N=C(c3ccc(OCCCO)cc3)O[C@H]2c2ccc(Cl)cc2Cl)c1. The molecule has 0 spiro atoms. The first-order chi connectivity index (χ1) is 23.3. The Bertz CT molecular complexity index is 1760. The van der Waals surface area contributed by atoms with Crippen molar-refractivity contribution in [2.75, 3.05) is 34.0 Å². The highest BCUT2D eigenvalue weighted by Crippen LogP contribution is 2.45. The number of aliphatic hydroxyl groups excluding tert-OH is 1. The summed E-state index contributed by atoms with van der Waals surface area (Å²) in [5.41, 5.74) is 7.49. The number of carbonyl (C=O) groups is 1. The van der Waals surface area contributed by atoms with E-state index in [2.05, 4.69) is 26.8 Å². The molecule has 0 saturated carbocycles. The summed E-state index contributed by atoms with van der Waals surface area (Å²) in [6.07, 6.45) is 0.336. The first-order valence-electron chi connectivity index (χ1n) is 15.3. The first kappa shape index (κ1) is 35.5. The summed E-state index contributed by atoms with van der Waals surface area (Å²) in [6.45, 7) is 0.822. The zero-order chi connectivity index (χ0) is 34.1. The number of aliphatic hydroxyl groups is 1. The van der Waals surface area contributed by atoms with E-state index in [0.29, 0.717) is 58.7 Å². The van der Waals surface area contributed by atoms with Gasteiger partial charge in [-0.05, 0) is 78.2 Å². The van der Waals surface area contributed by atoms with Crippen molar-refractivity contribution in [2.24, 2.45) is 4.99 Å². The van der Waals surface area contributed by atoms with Crippen molar-refractivity contribution >= 4 is 50.9 Å². The number of rotatable bonds is 15. The van der Waals surface area contributed by atoms with Crippen molar-refractivity contribution in [2.45, 2.75) is 30.9 Å². The van der Waals surface area contributed by atoms with Crippen LogP contribution in [0.5, 0.6) is 17.2 Å². The maximum atomic E-state index is 14.5. The number of amides is 1. The van der Waals surface area contributed by atoms with Crippen molar-refractivity contribution in [3.63, 3.8) is 0 Å². The maximum absolute atomic E-state index is 14.5. The molecular formula is C36H36BrCl2N3O6. The van der Waals surface area contributed by atoms with Crippen molar-refractivity contribution in [3.8, 4) is 17.2 Å². The highest BCUT2D eigenvalue weighted by Gasteiger charge is 2.54. The third-order valence-electron chi connectivity index (χ3n) is 7.90. The predicted octanol–water partition coefficient (Wildman–Crippen LogP) is 6.90. The summed E-state index contributed by atoms with van der Waals surface area (Å²) < 4.78 is 24.0. The molecule has 4 aromatic carbocycles. The van der Waals surface area contributed by atoms with Gasteiger partial charge in [0, 0.05) is 51.6 Å². The Morgan fingerprint density at radius 1 is 0.979 bits per heavy atom.